The van der Waals surface area contributed by atoms with Crippen LogP contribution in [0.5, 0.6) is 0 Å². The van der Waals surface area contributed by atoms with Gasteiger partial charge in [-0.1, -0.05) is 0 Å². The molecule has 0 aliphatic heterocycles. The third-order valence-electron chi connectivity index (χ3n) is 0.901. The first kappa shape index (κ1) is 9.70. The molecule has 0 bridgehead atoms. The molecule has 0 amide bonds. The monoisotopic (exact) mass is 166 g/mol. The SMILES string of the molecule is N#CCC(F)(F)C(F)(F)C#N. The molecule has 0 atom stereocenters. The summed E-state index contributed by atoms with van der Waals surface area (Å²) in [5, 5.41) is 15.3. The first-order valence-electron chi connectivity index (χ1n) is 2.41. The maximum Gasteiger partial charge on any atom is 0.394 e. The third-order valence-corrected chi connectivity index (χ3v) is 0.901. The maximum atomic E-state index is 12.0. The Hall–Kier alpha value is -1.30. The summed E-state index contributed by atoms with van der Waals surface area (Å²) in [4.78, 5) is 0. The van der Waals surface area contributed by atoms with Crippen molar-refractivity contribution in [2.24, 2.45) is 0 Å². The number of alkyl halides is 4. The molecule has 11 heavy (non-hydrogen) atoms. The lowest BCUT2D eigenvalue weighted by atomic mass is 10.1. The van der Waals surface area contributed by atoms with Crippen LogP contribution in [0.4, 0.5) is 17.6 Å². The van der Waals surface area contributed by atoms with Gasteiger partial charge in [0.15, 0.2) is 0 Å². The summed E-state index contributed by atoms with van der Waals surface area (Å²) < 4.78 is 47.7. The molecule has 0 heterocycles. The zero-order valence-corrected chi connectivity index (χ0v) is 5.11. The van der Waals surface area contributed by atoms with Gasteiger partial charge in [-0.3, -0.25) is 0 Å². The fraction of sp³-hybridized carbons (Fsp3) is 0.600. The van der Waals surface area contributed by atoms with E-state index in [1.807, 2.05) is 0 Å². The predicted molar refractivity (Wildman–Crippen MR) is 25.7 cm³/mol. The summed E-state index contributed by atoms with van der Waals surface area (Å²) >= 11 is 0. The molecule has 0 radical (unpaired) electrons. The number of nitriles is 2. The van der Waals surface area contributed by atoms with E-state index in [0.717, 1.165) is 6.07 Å². The number of hydrogen-bond donors (Lipinski definition) is 0. The second-order valence-corrected chi connectivity index (χ2v) is 1.73. The highest BCUT2D eigenvalue weighted by molar-refractivity contribution is 5.05. The van der Waals surface area contributed by atoms with Gasteiger partial charge >= 0.3 is 11.8 Å². The minimum atomic E-state index is -4.76. The second kappa shape index (κ2) is 2.75. The van der Waals surface area contributed by atoms with Gasteiger partial charge in [-0.25, -0.2) is 0 Å². The van der Waals surface area contributed by atoms with E-state index in [9.17, 15) is 17.6 Å². The lowest BCUT2D eigenvalue weighted by Gasteiger charge is -2.16. The van der Waals surface area contributed by atoms with Crippen LogP contribution in [-0.4, -0.2) is 11.8 Å². The van der Waals surface area contributed by atoms with Gasteiger partial charge in [0.25, 0.3) is 0 Å². The van der Waals surface area contributed by atoms with Crippen LogP contribution < -0.4 is 0 Å². The van der Waals surface area contributed by atoms with Crippen LogP contribution in [0, 0.1) is 22.7 Å². The number of halogens is 4. The van der Waals surface area contributed by atoms with E-state index >= 15 is 0 Å². The Bertz CT molecular complexity index is 222. The number of nitrogens with zero attached hydrogens (tertiary/aromatic N) is 2. The van der Waals surface area contributed by atoms with Crippen molar-refractivity contribution in [2.45, 2.75) is 18.3 Å². The lowest BCUT2D eigenvalue weighted by Crippen LogP contribution is -2.38. The summed E-state index contributed by atoms with van der Waals surface area (Å²) in [6.45, 7) is 0. The van der Waals surface area contributed by atoms with Crippen LogP contribution in [0.25, 0.3) is 0 Å². The van der Waals surface area contributed by atoms with E-state index in [4.69, 9.17) is 10.5 Å². The molecule has 0 saturated carbocycles. The molecule has 0 aromatic carbocycles. The first-order valence-corrected chi connectivity index (χ1v) is 2.41. The predicted octanol–water partition coefficient (Wildman–Crippen LogP) is 1.69. The van der Waals surface area contributed by atoms with Crippen molar-refractivity contribution < 1.29 is 17.6 Å². The molecule has 0 saturated heterocycles. The molecule has 0 aromatic rings. The normalized spacial score (nSPS) is 11.8. The average Bonchev–Trinajstić information content (AvgIpc) is 1.87. The van der Waals surface area contributed by atoms with Crippen molar-refractivity contribution in [1.29, 1.82) is 10.5 Å². The summed E-state index contributed by atoms with van der Waals surface area (Å²) in [5.41, 5.74) is 0. The maximum absolute atomic E-state index is 12.0. The molecule has 0 unspecified atom stereocenters. The standard InChI is InChI=1S/C5H2F4N2/c6-4(7,1-2-10)5(8,9)3-11/h1H2. The van der Waals surface area contributed by atoms with E-state index in [2.05, 4.69) is 0 Å². The third kappa shape index (κ3) is 1.81. The topological polar surface area (TPSA) is 47.6 Å². The van der Waals surface area contributed by atoms with Gasteiger partial charge in [-0.05, 0) is 0 Å². The minimum Gasteiger partial charge on any atom is -0.198 e. The van der Waals surface area contributed by atoms with Gasteiger partial charge in [0.05, 0.1) is 6.07 Å². The lowest BCUT2D eigenvalue weighted by molar-refractivity contribution is -0.170. The van der Waals surface area contributed by atoms with Crippen LogP contribution in [0.2, 0.25) is 0 Å². The smallest absolute Gasteiger partial charge is 0.198 e. The van der Waals surface area contributed by atoms with Crippen molar-refractivity contribution >= 4 is 0 Å². The Morgan fingerprint density at radius 1 is 1.09 bits per heavy atom. The molecule has 0 aliphatic carbocycles. The highest BCUT2D eigenvalue weighted by Crippen LogP contribution is 2.35. The zero-order chi connectivity index (χ0) is 9.12. The van der Waals surface area contributed by atoms with Crippen LogP contribution in [0.3, 0.4) is 0 Å². The summed E-state index contributed by atoms with van der Waals surface area (Å²) in [6.07, 6.45) is -1.66. The van der Waals surface area contributed by atoms with E-state index in [0.29, 0.717) is 0 Å². The van der Waals surface area contributed by atoms with Gasteiger partial charge in [-0.2, -0.15) is 28.1 Å². The van der Waals surface area contributed by atoms with E-state index in [1.54, 1.807) is 0 Å². The highest BCUT2D eigenvalue weighted by Gasteiger charge is 2.56. The summed E-state index contributed by atoms with van der Waals surface area (Å²) in [6, 6.07) is 0.999. The molecule has 0 N–H and O–H groups in total. The van der Waals surface area contributed by atoms with Gasteiger partial charge < -0.3 is 0 Å². The highest BCUT2D eigenvalue weighted by atomic mass is 19.3. The van der Waals surface area contributed by atoms with Crippen molar-refractivity contribution in [3.05, 3.63) is 0 Å². The van der Waals surface area contributed by atoms with Crippen molar-refractivity contribution in [1.82, 2.24) is 0 Å². The van der Waals surface area contributed by atoms with Crippen molar-refractivity contribution in [3.63, 3.8) is 0 Å². The Morgan fingerprint density at radius 3 is 1.82 bits per heavy atom. The molecule has 0 rings (SSSR count). The molecule has 0 fully saturated rings. The molecule has 6 heteroatoms. The number of rotatable bonds is 2. The van der Waals surface area contributed by atoms with Crippen LogP contribution in [0.1, 0.15) is 6.42 Å². The summed E-state index contributed by atoms with van der Waals surface area (Å²) in [7, 11) is 0. The molecule has 0 aliphatic rings. The fourth-order valence-corrected chi connectivity index (χ4v) is 0.292. The van der Waals surface area contributed by atoms with Gasteiger partial charge in [-0.15, -0.1) is 0 Å². The zero-order valence-electron chi connectivity index (χ0n) is 5.11. The van der Waals surface area contributed by atoms with Crippen molar-refractivity contribution in [2.75, 3.05) is 0 Å². The van der Waals surface area contributed by atoms with E-state index < -0.39 is 18.3 Å². The first-order chi connectivity index (χ1) is 4.87. The van der Waals surface area contributed by atoms with Gasteiger partial charge in [0.1, 0.15) is 12.5 Å². The van der Waals surface area contributed by atoms with Gasteiger partial charge in [0, 0.05) is 0 Å². The van der Waals surface area contributed by atoms with Crippen LogP contribution in [0.15, 0.2) is 0 Å². The quantitative estimate of drug-likeness (QED) is 0.586. The fourth-order valence-electron chi connectivity index (χ4n) is 0.292. The average molecular weight is 166 g/mol. The molecular formula is C5H2F4N2. The largest absolute Gasteiger partial charge is 0.394 e. The molecule has 0 aromatic heterocycles. The minimum absolute atomic E-state index is 0.132. The molecule has 2 nitrogen and oxygen atoms in total. The van der Waals surface area contributed by atoms with Crippen LogP contribution in [-0.2, 0) is 0 Å². The molecule has 0 spiro atoms. The Balaban J connectivity index is 4.59. The number of hydrogen-bond acceptors (Lipinski definition) is 2. The Kier molecular flexibility index (Phi) is 2.42. The Morgan fingerprint density at radius 2 is 1.55 bits per heavy atom. The van der Waals surface area contributed by atoms with E-state index in [-0.39, 0.29) is 6.07 Å². The molecular weight excluding hydrogens is 164 g/mol. The van der Waals surface area contributed by atoms with Crippen LogP contribution >= 0.6 is 0 Å². The van der Waals surface area contributed by atoms with Crippen molar-refractivity contribution in [3.8, 4) is 12.1 Å². The van der Waals surface area contributed by atoms with E-state index in [1.165, 1.54) is 0 Å². The van der Waals surface area contributed by atoms with Gasteiger partial charge in [0.2, 0.25) is 0 Å². The summed E-state index contributed by atoms with van der Waals surface area (Å²) in [5.74, 6) is -9.32. The molecule has 60 valence electrons. The second-order valence-electron chi connectivity index (χ2n) is 1.73. The Labute approximate surface area is 59.6 Å².